The Morgan fingerprint density at radius 2 is 1.75 bits per heavy atom. The lowest BCUT2D eigenvalue weighted by molar-refractivity contribution is 0.221. The van der Waals surface area contributed by atoms with Gasteiger partial charge in [-0.25, -0.2) is 0 Å². The van der Waals surface area contributed by atoms with Gasteiger partial charge in [-0.05, 0) is 58.3 Å². The molecule has 0 bridgehead atoms. The molecule has 0 aliphatic heterocycles. The number of pyridine rings is 1. The Morgan fingerprint density at radius 1 is 1.00 bits per heavy atom. The molecular weight excluding hydrogens is 361 g/mol. The summed E-state index contributed by atoms with van der Waals surface area (Å²) in [5.74, 6) is 0. The highest BCUT2D eigenvalue weighted by Gasteiger charge is 2.16. The normalized spacial score (nSPS) is 12.6. The lowest BCUT2D eigenvalue weighted by atomic mass is 9.97. The van der Waals surface area contributed by atoms with Crippen LogP contribution in [0.15, 0.2) is 54.7 Å². The van der Waals surface area contributed by atoms with Crippen LogP contribution in [0.3, 0.4) is 0 Å². The number of aromatic nitrogens is 1. The van der Waals surface area contributed by atoms with Gasteiger partial charge < -0.3 is 5.11 Å². The Morgan fingerprint density at radius 3 is 2.60 bits per heavy atom. The SMILES string of the molecule is Cc1cccc(C(O)c2cccc3ncccc23)c1I. The van der Waals surface area contributed by atoms with E-state index in [-0.39, 0.29) is 0 Å². The van der Waals surface area contributed by atoms with Crippen LogP contribution < -0.4 is 0 Å². The molecule has 0 spiro atoms. The largest absolute Gasteiger partial charge is 0.384 e. The molecule has 0 saturated heterocycles. The number of fused-ring (bicyclic) bond motifs is 1. The topological polar surface area (TPSA) is 33.1 Å². The van der Waals surface area contributed by atoms with Crippen molar-refractivity contribution in [1.82, 2.24) is 4.98 Å². The van der Waals surface area contributed by atoms with Gasteiger partial charge >= 0.3 is 0 Å². The number of rotatable bonds is 2. The summed E-state index contributed by atoms with van der Waals surface area (Å²) in [6.45, 7) is 2.06. The summed E-state index contributed by atoms with van der Waals surface area (Å²) in [4.78, 5) is 4.34. The molecule has 3 aromatic rings. The smallest absolute Gasteiger partial charge is 0.106 e. The van der Waals surface area contributed by atoms with E-state index in [4.69, 9.17) is 0 Å². The van der Waals surface area contributed by atoms with Gasteiger partial charge in [0, 0.05) is 15.2 Å². The number of halogens is 1. The summed E-state index contributed by atoms with van der Waals surface area (Å²) in [5.41, 5.74) is 3.94. The molecule has 0 radical (unpaired) electrons. The molecule has 0 fully saturated rings. The molecule has 20 heavy (non-hydrogen) atoms. The maximum absolute atomic E-state index is 10.8. The van der Waals surface area contributed by atoms with Crippen LogP contribution in [0.4, 0.5) is 0 Å². The van der Waals surface area contributed by atoms with Crippen LogP contribution in [0.25, 0.3) is 10.9 Å². The molecule has 2 aromatic carbocycles. The van der Waals surface area contributed by atoms with E-state index < -0.39 is 6.10 Å². The summed E-state index contributed by atoms with van der Waals surface area (Å²) in [6.07, 6.45) is 1.14. The van der Waals surface area contributed by atoms with Crippen LogP contribution >= 0.6 is 22.6 Å². The second-order valence-electron chi connectivity index (χ2n) is 4.80. The fourth-order valence-electron chi connectivity index (χ4n) is 2.41. The first kappa shape index (κ1) is 13.5. The number of hydrogen-bond donors (Lipinski definition) is 1. The van der Waals surface area contributed by atoms with Gasteiger partial charge in [0.05, 0.1) is 5.52 Å². The minimum Gasteiger partial charge on any atom is -0.384 e. The highest BCUT2D eigenvalue weighted by atomic mass is 127. The number of nitrogens with zero attached hydrogens (tertiary/aromatic N) is 1. The molecular formula is C17H14INO. The van der Waals surface area contributed by atoms with Gasteiger partial charge in [0.25, 0.3) is 0 Å². The average molecular weight is 375 g/mol. The van der Waals surface area contributed by atoms with Crippen LogP contribution in [0.2, 0.25) is 0 Å². The maximum Gasteiger partial charge on any atom is 0.106 e. The average Bonchev–Trinajstić information content (AvgIpc) is 2.49. The van der Waals surface area contributed by atoms with Gasteiger partial charge in [-0.1, -0.05) is 36.4 Å². The summed E-state index contributed by atoms with van der Waals surface area (Å²) in [5, 5.41) is 11.8. The number of hydrogen-bond acceptors (Lipinski definition) is 2. The summed E-state index contributed by atoms with van der Waals surface area (Å²) < 4.78 is 1.11. The van der Waals surface area contributed by atoms with Crippen molar-refractivity contribution < 1.29 is 5.11 Å². The van der Waals surface area contributed by atoms with Gasteiger partial charge in [0.1, 0.15) is 6.10 Å². The predicted molar refractivity (Wildman–Crippen MR) is 89.7 cm³/mol. The minimum atomic E-state index is -0.630. The predicted octanol–water partition coefficient (Wildman–Crippen LogP) is 4.23. The molecule has 1 unspecified atom stereocenters. The lowest BCUT2D eigenvalue weighted by Gasteiger charge is -2.16. The Kier molecular flexibility index (Phi) is 3.72. The van der Waals surface area contributed by atoms with Crippen LogP contribution in [0.5, 0.6) is 0 Å². The molecule has 3 rings (SSSR count). The van der Waals surface area contributed by atoms with E-state index >= 15 is 0 Å². The van der Waals surface area contributed by atoms with Crippen LogP contribution in [-0.4, -0.2) is 10.1 Å². The van der Waals surface area contributed by atoms with E-state index in [1.54, 1.807) is 6.20 Å². The van der Waals surface area contributed by atoms with Crippen LogP contribution in [-0.2, 0) is 0 Å². The summed E-state index contributed by atoms with van der Waals surface area (Å²) in [6, 6.07) is 15.8. The minimum absolute atomic E-state index is 0.630. The monoisotopic (exact) mass is 375 g/mol. The fourth-order valence-corrected chi connectivity index (χ4v) is 3.07. The first-order valence-corrected chi connectivity index (χ1v) is 7.53. The molecule has 0 saturated carbocycles. The van der Waals surface area contributed by atoms with E-state index in [1.807, 2.05) is 42.5 Å². The quantitative estimate of drug-likeness (QED) is 0.680. The molecule has 1 N–H and O–H groups in total. The van der Waals surface area contributed by atoms with E-state index in [9.17, 15) is 5.11 Å². The molecule has 1 atom stereocenters. The van der Waals surface area contributed by atoms with Gasteiger partial charge in [-0.15, -0.1) is 0 Å². The number of benzene rings is 2. The van der Waals surface area contributed by atoms with Crippen molar-refractivity contribution in [3.8, 4) is 0 Å². The van der Waals surface area contributed by atoms with E-state index in [1.165, 1.54) is 5.56 Å². The summed E-state index contributed by atoms with van der Waals surface area (Å²) >= 11 is 2.30. The van der Waals surface area contributed by atoms with E-state index in [0.29, 0.717) is 0 Å². The molecule has 1 heterocycles. The Balaban J connectivity index is 2.18. The van der Waals surface area contributed by atoms with Crippen molar-refractivity contribution >= 4 is 33.5 Å². The zero-order valence-corrected chi connectivity index (χ0v) is 13.2. The standard InChI is InChI=1S/C17H14INO/c1-11-5-2-7-14(16(11)18)17(20)13-6-3-9-15-12(13)8-4-10-19-15/h2-10,17,20H,1H3. The van der Waals surface area contributed by atoms with Crippen molar-refractivity contribution in [2.75, 3.05) is 0 Å². The second kappa shape index (κ2) is 5.50. The molecule has 3 heteroatoms. The zero-order valence-electron chi connectivity index (χ0n) is 11.0. The third-order valence-electron chi connectivity index (χ3n) is 3.49. The first-order chi connectivity index (χ1) is 9.68. The van der Waals surface area contributed by atoms with Gasteiger partial charge in [0.15, 0.2) is 0 Å². The first-order valence-electron chi connectivity index (χ1n) is 6.45. The van der Waals surface area contributed by atoms with E-state index in [0.717, 1.165) is 25.6 Å². The Bertz CT molecular complexity index is 765. The Labute approximate surface area is 131 Å². The highest BCUT2D eigenvalue weighted by molar-refractivity contribution is 14.1. The number of aliphatic hydroxyl groups excluding tert-OH is 1. The molecule has 0 amide bonds. The maximum atomic E-state index is 10.8. The molecule has 1 aromatic heterocycles. The van der Waals surface area contributed by atoms with Crippen molar-refractivity contribution in [3.05, 3.63) is 75.0 Å². The molecule has 2 nitrogen and oxygen atoms in total. The lowest BCUT2D eigenvalue weighted by Crippen LogP contribution is -2.04. The third kappa shape index (κ3) is 2.31. The van der Waals surface area contributed by atoms with Gasteiger partial charge in [0.2, 0.25) is 0 Å². The fraction of sp³-hybridized carbons (Fsp3) is 0.118. The number of aliphatic hydroxyl groups is 1. The molecule has 100 valence electrons. The van der Waals surface area contributed by atoms with Crippen LogP contribution in [0, 0.1) is 10.5 Å². The molecule has 0 aliphatic rings. The van der Waals surface area contributed by atoms with Crippen molar-refractivity contribution in [2.24, 2.45) is 0 Å². The third-order valence-corrected chi connectivity index (χ3v) is 4.96. The van der Waals surface area contributed by atoms with Gasteiger partial charge in [-0.3, -0.25) is 4.98 Å². The highest BCUT2D eigenvalue weighted by Crippen LogP contribution is 2.31. The van der Waals surface area contributed by atoms with E-state index in [2.05, 4.69) is 40.6 Å². The second-order valence-corrected chi connectivity index (χ2v) is 5.88. The van der Waals surface area contributed by atoms with Crippen LogP contribution in [0.1, 0.15) is 22.8 Å². The van der Waals surface area contributed by atoms with Gasteiger partial charge in [-0.2, -0.15) is 0 Å². The number of aryl methyl sites for hydroxylation is 1. The zero-order chi connectivity index (χ0) is 14.1. The summed E-state index contributed by atoms with van der Waals surface area (Å²) in [7, 11) is 0. The van der Waals surface area contributed by atoms with Crippen molar-refractivity contribution in [1.29, 1.82) is 0 Å². The molecule has 0 aliphatic carbocycles. The van der Waals surface area contributed by atoms with Crippen molar-refractivity contribution in [2.45, 2.75) is 13.0 Å². The Hall–Kier alpha value is -1.46. The van der Waals surface area contributed by atoms with Crippen molar-refractivity contribution in [3.63, 3.8) is 0 Å².